The molecule has 4 nitrogen and oxygen atoms in total. The van der Waals surface area contributed by atoms with Crippen molar-refractivity contribution in [3.8, 4) is 0 Å². The van der Waals surface area contributed by atoms with Crippen LogP contribution in [0, 0.1) is 11.8 Å². The number of aliphatic carboxylic acids is 1. The molecule has 0 bridgehead atoms. The number of carboxylic acids is 1. The first-order valence-corrected chi connectivity index (χ1v) is 11.1. The minimum atomic E-state index is -0.660. The van der Waals surface area contributed by atoms with Crippen molar-refractivity contribution in [1.82, 2.24) is 0 Å². The van der Waals surface area contributed by atoms with Gasteiger partial charge in [-0.25, -0.2) is 0 Å². The van der Waals surface area contributed by atoms with Crippen LogP contribution in [-0.4, -0.2) is 17.0 Å². The van der Waals surface area contributed by atoms with Gasteiger partial charge in [0.05, 0.1) is 11.6 Å². The fourth-order valence-electron chi connectivity index (χ4n) is 4.95. The van der Waals surface area contributed by atoms with Crippen LogP contribution >= 0.6 is 0 Å². The first-order chi connectivity index (χ1) is 14.7. The highest BCUT2D eigenvalue weighted by Crippen LogP contribution is 2.41. The lowest BCUT2D eigenvalue weighted by molar-refractivity contribution is -0.144. The second-order valence-corrected chi connectivity index (χ2v) is 8.38. The van der Waals surface area contributed by atoms with Crippen LogP contribution in [0.4, 0.5) is 11.4 Å². The van der Waals surface area contributed by atoms with Crippen molar-refractivity contribution < 1.29 is 14.7 Å². The highest BCUT2D eigenvalue weighted by molar-refractivity contribution is 6.34. The third kappa shape index (κ3) is 4.18. The molecular formula is C26H29NO3. The second kappa shape index (κ2) is 9.29. The number of carbonyl (C=O) groups excluding carboxylic acids is 1. The zero-order valence-electron chi connectivity index (χ0n) is 17.3. The van der Waals surface area contributed by atoms with Gasteiger partial charge in [0.25, 0.3) is 5.91 Å². The number of unbranched alkanes of at least 4 members (excludes halogenated alkanes) is 1. The molecule has 1 aliphatic carbocycles. The molecule has 2 aromatic carbocycles. The fraction of sp³-hybridized carbons (Fsp3) is 0.385. The summed E-state index contributed by atoms with van der Waals surface area (Å²) in [5, 5.41) is 9.69. The Morgan fingerprint density at radius 2 is 1.73 bits per heavy atom. The first-order valence-electron chi connectivity index (χ1n) is 11.1. The molecule has 1 N–H and O–H groups in total. The van der Waals surface area contributed by atoms with Crippen LogP contribution in [0.1, 0.15) is 56.9 Å². The van der Waals surface area contributed by atoms with Gasteiger partial charge in [-0.1, -0.05) is 61.7 Å². The van der Waals surface area contributed by atoms with E-state index < -0.39 is 5.97 Å². The summed E-state index contributed by atoms with van der Waals surface area (Å²) >= 11 is 0. The topological polar surface area (TPSA) is 57.6 Å². The molecule has 1 unspecified atom stereocenters. The highest BCUT2D eigenvalue weighted by Gasteiger charge is 2.33. The van der Waals surface area contributed by atoms with E-state index in [0.29, 0.717) is 18.8 Å². The van der Waals surface area contributed by atoms with E-state index in [9.17, 15) is 14.7 Å². The number of hydrogen-bond acceptors (Lipinski definition) is 2. The molecule has 2 aliphatic rings. The Labute approximate surface area is 178 Å². The van der Waals surface area contributed by atoms with E-state index in [4.69, 9.17) is 0 Å². The summed E-state index contributed by atoms with van der Waals surface area (Å²) in [6.07, 6.45) is 9.80. The van der Waals surface area contributed by atoms with E-state index in [0.717, 1.165) is 54.6 Å². The molecule has 1 atom stereocenters. The van der Waals surface area contributed by atoms with Crippen molar-refractivity contribution in [1.29, 1.82) is 0 Å². The fourth-order valence-corrected chi connectivity index (χ4v) is 4.95. The third-order valence-electron chi connectivity index (χ3n) is 6.49. The first kappa shape index (κ1) is 20.4. The van der Waals surface area contributed by atoms with Crippen molar-refractivity contribution in [2.45, 2.75) is 51.4 Å². The standard InChI is InChI=1S/C26H29NO3/c28-25-23(17-8-7-15-21(26(29)30)19-11-3-1-4-12-19)22-16-9-10-18-24(22)27(25)20-13-5-2-6-14-20/h2,5-6,9-10,13-14,16-19,21H,1,3-4,7-8,11-12,15H2,(H,29,30)/b23-17+. The van der Waals surface area contributed by atoms with E-state index in [2.05, 4.69) is 0 Å². The van der Waals surface area contributed by atoms with Gasteiger partial charge in [0.15, 0.2) is 0 Å². The van der Waals surface area contributed by atoms with Gasteiger partial charge in [-0.05, 0) is 56.2 Å². The SMILES string of the molecule is O=C(O)C(CCC/C=C1/C(=O)N(c2ccccc2)c2ccccc21)C1CCCCC1. The van der Waals surface area contributed by atoms with Crippen LogP contribution in [-0.2, 0) is 9.59 Å². The van der Waals surface area contributed by atoms with Gasteiger partial charge in [-0.2, -0.15) is 0 Å². The molecule has 1 aliphatic heterocycles. The Morgan fingerprint density at radius 1 is 1.03 bits per heavy atom. The van der Waals surface area contributed by atoms with Gasteiger partial charge in [-0.15, -0.1) is 0 Å². The van der Waals surface area contributed by atoms with E-state index in [1.54, 1.807) is 4.90 Å². The summed E-state index contributed by atoms with van der Waals surface area (Å²) in [6.45, 7) is 0. The molecule has 0 aromatic heterocycles. The van der Waals surface area contributed by atoms with Crippen molar-refractivity contribution in [3.63, 3.8) is 0 Å². The molecule has 1 saturated carbocycles. The average molecular weight is 404 g/mol. The Bertz CT molecular complexity index is 928. The maximum atomic E-state index is 13.2. The van der Waals surface area contributed by atoms with Crippen molar-refractivity contribution in [2.24, 2.45) is 11.8 Å². The van der Waals surface area contributed by atoms with Gasteiger partial charge in [-0.3, -0.25) is 14.5 Å². The maximum absolute atomic E-state index is 13.2. The molecule has 0 saturated heterocycles. The predicted molar refractivity (Wildman–Crippen MR) is 120 cm³/mol. The largest absolute Gasteiger partial charge is 0.481 e. The highest BCUT2D eigenvalue weighted by atomic mass is 16.4. The number of rotatable bonds is 7. The monoisotopic (exact) mass is 403 g/mol. The molecule has 0 spiro atoms. The number of para-hydroxylation sites is 2. The van der Waals surface area contributed by atoms with Gasteiger partial charge in [0.2, 0.25) is 0 Å². The van der Waals surface area contributed by atoms with Gasteiger partial charge in [0.1, 0.15) is 0 Å². The Balaban J connectivity index is 1.47. The molecule has 1 fully saturated rings. The minimum absolute atomic E-state index is 0.00975. The van der Waals surface area contributed by atoms with Crippen molar-refractivity contribution in [2.75, 3.05) is 4.90 Å². The van der Waals surface area contributed by atoms with E-state index in [1.807, 2.05) is 60.7 Å². The lowest BCUT2D eigenvalue weighted by Crippen LogP contribution is -2.25. The predicted octanol–water partition coefficient (Wildman–Crippen LogP) is 6.20. The van der Waals surface area contributed by atoms with Crippen LogP contribution in [0.15, 0.2) is 60.7 Å². The van der Waals surface area contributed by atoms with Crippen LogP contribution < -0.4 is 4.90 Å². The molecule has 0 radical (unpaired) electrons. The zero-order valence-corrected chi connectivity index (χ0v) is 17.3. The van der Waals surface area contributed by atoms with Crippen molar-refractivity contribution in [3.05, 3.63) is 66.2 Å². The Hall–Kier alpha value is -2.88. The molecule has 30 heavy (non-hydrogen) atoms. The lowest BCUT2D eigenvalue weighted by atomic mass is 9.78. The zero-order chi connectivity index (χ0) is 20.9. The van der Waals surface area contributed by atoms with Gasteiger partial charge >= 0.3 is 5.97 Å². The number of fused-ring (bicyclic) bond motifs is 1. The number of benzene rings is 2. The number of amides is 1. The third-order valence-corrected chi connectivity index (χ3v) is 6.49. The van der Waals surface area contributed by atoms with Crippen LogP contribution in [0.2, 0.25) is 0 Å². The smallest absolute Gasteiger partial charge is 0.306 e. The van der Waals surface area contributed by atoms with E-state index >= 15 is 0 Å². The Morgan fingerprint density at radius 3 is 2.47 bits per heavy atom. The van der Waals surface area contributed by atoms with E-state index in [1.165, 1.54) is 6.42 Å². The van der Waals surface area contributed by atoms with Gasteiger partial charge in [0, 0.05) is 16.8 Å². The number of anilines is 2. The van der Waals surface area contributed by atoms with Gasteiger partial charge < -0.3 is 5.11 Å². The molecule has 1 amide bonds. The van der Waals surface area contributed by atoms with Crippen LogP contribution in [0.3, 0.4) is 0 Å². The second-order valence-electron chi connectivity index (χ2n) is 8.38. The number of nitrogens with zero attached hydrogens (tertiary/aromatic N) is 1. The number of carboxylic acid groups (broad SMARTS) is 1. The maximum Gasteiger partial charge on any atom is 0.306 e. The summed E-state index contributed by atoms with van der Waals surface area (Å²) in [6, 6.07) is 17.6. The molecule has 4 heteroatoms. The molecular weight excluding hydrogens is 374 g/mol. The quantitative estimate of drug-likeness (QED) is 0.442. The molecule has 156 valence electrons. The lowest BCUT2D eigenvalue weighted by Gasteiger charge is -2.27. The summed E-state index contributed by atoms with van der Waals surface area (Å²) in [4.78, 5) is 26.8. The summed E-state index contributed by atoms with van der Waals surface area (Å²) in [7, 11) is 0. The normalized spacial score (nSPS) is 19.1. The summed E-state index contributed by atoms with van der Waals surface area (Å²) in [5.74, 6) is -0.612. The van der Waals surface area contributed by atoms with Crippen molar-refractivity contribution >= 4 is 28.8 Å². The Kier molecular flexibility index (Phi) is 6.32. The summed E-state index contributed by atoms with van der Waals surface area (Å²) in [5.41, 5.74) is 3.44. The van der Waals surface area contributed by atoms with Crippen LogP contribution in [0.25, 0.3) is 5.57 Å². The molecule has 4 rings (SSSR count). The number of carbonyl (C=O) groups is 2. The average Bonchev–Trinajstić information content (AvgIpc) is 3.06. The molecule has 1 heterocycles. The number of hydrogen-bond donors (Lipinski definition) is 1. The number of allylic oxidation sites excluding steroid dienone is 1. The van der Waals surface area contributed by atoms with E-state index in [-0.39, 0.29) is 11.8 Å². The molecule has 2 aromatic rings. The summed E-state index contributed by atoms with van der Waals surface area (Å²) < 4.78 is 0. The minimum Gasteiger partial charge on any atom is -0.481 e. The van der Waals surface area contributed by atoms with Crippen LogP contribution in [0.5, 0.6) is 0 Å².